The van der Waals surface area contributed by atoms with Crippen LogP contribution in [0, 0.1) is 0 Å². The van der Waals surface area contributed by atoms with Crippen LogP contribution in [0.1, 0.15) is 0 Å². The first kappa shape index (κ1) is 10.6. The molecule has 58 valence electrons. The quantitative estimate of drug-likeness (QED) is 0.602. The van der Waals surface area contributed by atoms with Crippen LogP contribution in [-0.4, -0.2) is 37.3 Å². The summed E-state index contributed by atoms with van der Waals surface area (Å²) >= 11 is 0. The fraction of sp³-hybridized carbons (Fsp3) is 0.250. The summed E-state index contributed by atoms with van der Waals surface area (Å²) in [6.45, 7) is 0. The van der Waals surface area contributed by atoms with Crippen molar-refractivity contribution in [3.63, 3.8) is 0 Å². The van der Waals surface area contributed by atoms with E-state index in [1.807, 2.05) is 24.3 Å². The Morgan fingerprint density at radius 2 is 1.27 bits per heavy atom. The van der Waals surface area contributed by atoms with Gasteiger partial charge in [-0.05, 0) is 12.1 Å². The molecule has 0 unspecified atom stereocenters. The Hall–Kier alpha value is -0.414. The fourth-order valence-electron chi connectivity index (χ4n) is 0.787. The highest BCUT2D eigenvalue weighted by atomic mass is 24.3. The minimum Gasteiger partial charge on any atom is -0.493 e. The number of benzene rings is 1. The minimum absolute atomic E-state index is 0. The molecule has 1 aromatic rings. The number of para-hydroxylation sites is 2. The van der Waals surface area contributed by atoms with Gasteiger partial charge < -0.3 is 9.47 Å². The molecule has 0 N–H and O–H groups in total. The highest BCUT2D eigenvalue weighted by molar-refractivity contribution is 5.75. The van der Waals surface area contributed by atoms with E-state index in [4.69, 9.17) is 9.47 Å². The summed E-state index contributed by atoms with van der Waals surface area (Å²) in [5.74, 6) is 1.54. The Morgan fingerprint density at radius 1 is 0.909 bits per heavy atom. The lowest BCUT2D eigenvalue weighted by atomic mass is 10.3. The summed E-state index contributed by atoms with van der Waals surface area (Å²) in [5, 5.41) is 0. The zero-order chi connectivity index (χ0) is 7.40. The molecule has 0 aromatic heterocycles. The number of ether oxygens (including phenoxy) is 2. The molecule has 0 saturated carbocycles. The maximum atomic E-state index is 5.01. The van der Waals surface area contributed by atoms with E-state index in [0.29, 0.717) is 0 Å². The second-order valence-corrected chi connectivity index (χ2v) is 1.85. The van der Waals surface area contributed by atoms with Crippen LogP contribution in [0.3, 0.4) is 0 Å². The molecule has 0 bridgehead atoms. The van der Waals surface area contributed by atoms with Gasteiger partial charge in [0.05, 0.1) is 14.2 Å². The predicted molar refractivity (Wildman–Crippen MR) is 48.1 cm³/mol. The number of hydrogen-bond donors (Lipinski definition) is 0. The van der Waals surface area contributed by atoms with Crippen LogP contribution in [0.25, 0.3) is 0 Å². The van der Waals surface area contributed by atoms with Crippen LogP contribution in [0.5, 0.6) is 11.5 Å². The van der Waals surface area contributed by atoms with E-state index in [1.54, 1.807) is 14.2 Å². The molecule has 0 radical (unpaired) electrons. The van der Waals surface area contributed by atoms with Crippen molar-refractivity contribution in [3.05, 3.63) is 24.3 Å². The van der Waals surface area contributed by atoms with Gasteiger partial charge in [0.2, 0.25) is 0 Å². The van der Waals surface area contributed by atoms with E-state index < -0.39 is 0 Å². The number of rotatable bonds is 2. The molecule has 1 aromatic carbocycles. The Morgan fingerprint density at radius 3 is 1.55 bits per heavy atom. The van der Waals surface area contributed by atoms with Crippen molar-refractivity contribution in [3.8, 4) is 11.5 Å². The number of methoxy groups -OCH3 is 2. The molecular formula is C8H12MgO2. The van der Waals surface area contributed by atoms with Crippen LogP contribution in [0.15, 0.2) is 24.3 Å². The molecule has 0 amide bonds. The van der Waals surface area contributed by atoms with Gasteiger partial charge in [0.1, 0.15) is 0 Å². The molecule has 1 rings (SSSR count). The van der Waals surface area contributed by atoms with E-state index >= 15 is 0 Å². The standard InChI is InChI=1S/C8H10O2.Mg.2H/c1-9-7-5-3-4-6-8(7)10-2;;;/h3-6H,1-2H3;;;. The normalized spacial score (nSPS) is 8.18. The predicted octanol–water partition coefficient (Wildman–Crippen LogP) is 0.788. The van der Waals surface area contributed by atoms with Gasteiger partial charge in [-0.25, -0.2) is 0 Å². The van der Waals surface area contributed by atoms with Crippen molar-refractivity contribution in [1.82, 2.24) is 0 Å². The molecule has 2 nitrogen and oxygen atoms in total. The molecule has 0 saturated heterocycles. The third kappa shape index (κ3) is 2.59. The first-order chi connectivity index (χ1) is 4.88. The smallest absolute Gasteiger partial charge is 0.316 e. The summed E-state index contributed by atoms with van der Waals surface area (Å²) < 4.78 is 10.0. The zero-order valence-corrected chi connectivity index (χ0v) is 6.13. The average molecular weight is 164 g/mol. The van der Waals surface area contributed by atoms with E-state index in [0.717, 1.165) is 11.5 Å². The Kier molecular flexibility index (Phi) is 5.07. The first-order valence-corrected chi connectivity index (χ1v) is 3.05. The third-order valence-electron chi connectivity index (χ3n) is 1.29. The summed E-state index contributed by atoms with van der Waals surface area (Å²) in [4.78, 5) is 0. The van der Waals surface area contributed by atoms with Gasteiger partial charge in [-0.15, -0.1) is 0 Å². The summed E-state index contributed by atoms with van der Waals surface area (Å²) in [6.07, 6.45) is 0. The molecule has 0 aliphatic carbocycles. The van der Waals surface area contributed by atoms with Crippen LogP contribution < -0.4 is 9.47 Å². The largest absolute Gasteiger partial charge is 0.493 e. The molecule has 0 aliphatic rings. The van der Waals surface area contributed by atoms with Crippen LogP contribution in [-0.2, 0) is 0 Å². The van der Waals surface area contributed by atoms with Crippen molar-refractivity contribution >= 4 is 23.1 Å². The van der Waals surface area contributed by atoms with E-state index in [2.05, 4.69) is 0 Å². The lowest BCUT2D eigenvalue weighted by Crippen LogP contribution is -1.88. The third-order valence-corrected chi connectivity index (χ3v) is 1.29. The van der Waals surface area contributed by atoms with Gasteiger partial charge in [-0.1, -0.05) is 12.1 Å². The molecule has 0 fully saturated rings. The van der Waals surface area contributed by atoms with Gasteiger partial charge in [0.15, 0.2) is 11.5 Å². The maximum Gasteiger partial charge on any atom is 0.316 e. The van der Waals surface area contributed by atoms with E-state index in [9.17, 15) is 0 Å². The van der Waals surface area contributed by atoms with E-state index in [-0.39, 0.29) is 23.1 Å². The highest BCUT2D eigenvalue weighted by Crippen LogP contribution is 2.24. The summed E-state index contributed by atoms with van der Waals surface area (Å²) in [7, 11) is 3.25. The van der Waals surface area contributed by atoms with Gasteiger partial charge in [-0.2, -0.15) is 0 Å². The van der Waals surface area contributed by atoms with Gasteiger partial charge in [0.25, 0.3) is 0 Å². The molecule has 0 atom stereocenters. The van der Waals surface area contributed by atoms with Gasteiger partial charge in [-0.3, -0.25) is 0 Å². The van der Waals surface area contributed by atoms with Crippen LogP contribution >= 0.6 is 0 Å². The molecule has 3 heteroatoms. The van der Waals surface area contributed by atoms with Crippen molar-refractivity contribution in [2.24, 2.45) is 0 Å². The monoisotopic (exact) mass is 164 g/mol. The topological polar surface area (TPSA) is 18.5 Å². The zero-order valence-electron chi connectivity index (χ0n) is 6.13. The number of hydrogen-bond acceptors (Lipinski definition) is 2. The molecule has 0 heterocycles. The van der Waals surface area contributed by atoms with Crippen LogP contribution in [0.4, 0.5) is 0 Å². The van der Waals surface area contributed by atoms with Gasteiger partial charge >= 0.3 is 23.1 Å². The Labute approximate surface area is 82.7 Å². The highest BCUT2D eigenvalue weighted by Gasteiger charge is 1.97. The van der Waals surface area contributed by atoms with Gasteiger partial charge in [0, 0.05) is 0 Å². The lowest BCUT2D eigenvalue weighted by molar-refractivity contribution is 0.355. The molecule has 11 heavy (non-hydrogen) atoms. The second kappa shape index (κ2) is 5.26. The lowest BCUT2D eigenvalue weighted by Gasteiger charge is -2.04. The molecule has 0 spiro atoms. The van der Waals surface area contributed by atoms with Crippen molar-refractivity contribution < 1.29 is 9.47 Å². The second-order valence-electron chi connectivity index (χ2n) is 1.85. The summed E-state index contributed by atoms with van der Waals surface area (Å²) in [5.41, 5.74) is 0. The minimum atomic E-state index is 0. The fourth-order valence-corrected chi connectivity index (χ4v) is 0.787. The Bertz CT molecular complexity index is 190. The maximum absolute atomic E-state index is 5.01. The van der Waals surface area contributed by atoms with Crippen molar-refractivity contribution in [2.75, 3.05) is 14.2 Å². The summed E-state index contributed by atoms with van der Waals surface area (Å²) in [6, 6.07) is 7.53. The molecular weight excluding hydrogens is 152 g/mol. The van der Waals surface area contributed by atoms with Crippen molar-refractivity contribution in [1.29, 1.82) is 0 Å². The SMILES string of the molecule is COc1ccccc1OC.[MgH2]. The molecule has 0 aliphatic heterocycles. The Balaban J connectivity index is 0.000001000. The average Bonchev–Trinajstić information content (AvgIpc) is 2.04. The van der Waals surface area contributed by atoms with Crippen molar-refractivity contribution in [2.45, 2.75) is 0 Å². The first-order valence-electron chi connectivity index (χ1n) is 3.05. The van der Waals surface area contributed by atoms with Crippen LogP contribution in [0.2, 0.25) is 0 Å². The van der Waals surface area contributed by atoms with E-state index in [1.165, 1.54) is 0 Å².